The predicted octanol–water partition coefficient (Wildman–Crippen LogP) is 3.89. The molecule has 0 amide bonds. The zero-order valence-corrected chi connectivity index (χ0v) is 12.9. The topological polar surface area (TPSA) is 55.1 Å². The molecule has 4 nitrogen and oxygen atoms in total. The first-order valence-corrected chi connectivity index (χ1v) is 7.87. The van der Waals surface area contributed by atoms with Crippen LogP contribution in [0.5, 0.6) is 0 Å². The van der Waals surface area contributed by atoms with Gasteiger partial charge in [0.05, 0.1) is 16.6 Å². The van der Waals surface area contributed by atoms with E-state index in [9.17, 15) is 4.79 Å². The number of nitrogens with zero attached hydrogens (tertiary/aromatic N) is 2. The van der Waals surface area contributed by atoms with E-state index in [4.69, 9.17) is 5.11 Å². The first-order chi connectivity index (χ1) is 9.52. The highest BCUT2D eigenvalue weighted by atomic mass is 32.2. The number of aromatic nitrogens is 2. The lowest BCUT2D eigenvalue weighted by Crippen LogP contribution is -2.06. The van der Waals surface area contributed by atoms with Crippen molar-refractivity contribution in [1.29, 1.82) is 0 Å². The molecule has 108 valence electrons. The standard InChI is InChI=1S/C15H20N2O2S/c1-4-7-20-15-16-12-8-11(14(18)19)5-6-13(12)17(15)9-10(2)3/h5-6,8,10H,4,7,9H2,1-3H3,(H,18,19). The number of imidazole rings is 1. The highest BCUT2D eigenvalue weighted by Gasteiger charge is 2.14. The SMILES string of the molecule is CCCSc1nc2cc(C(=O)O)ccc2n1CC(C)C. The molecule has 2 rings (SSSR count). The van der Waals surface area contributed by atoms with Gasteiger partial charge in [-0.05, 0) is 30.5 Å². The van der Waals surface area contributed by atoms with Crippen LogP contribution in [-0.4, -0.2) is 26.4 Å². The van der Waals surface area contributed by atoms with Crippen molar-refractivity contribution >= 4 is 28.8 Å². The van der Waals surface area contributed by atoms with Crippen LogP contribution in [0.25, 0.3) is 11.0 Å². The molecule has 1 aromatic heterocycles. The van der Waals surface area contributed by atoms with Gasteiger partial charge in [0.1, 0.15) is 0 Å². The van der Waals surface area contributed by atoms with Gasteiger partial charge >= 0.3 is 5.97 Å². The van der Waals surface area contributed by atoms with Gasteiger partial charge in [0.2, 0.25) is 0 Å². The van der Waals surface area contributed by atoms with Crippen LogP contribution >= 0.6 is 11.8 Å². The molecular formula is C15H20N2O2S. The largest absolute Gasteiger partial charge is 0.478 e. The average Bonchev–Trinajstić information content (AvgIpc) is 2.73. The maximum atomic E-state index is 11.0. The van der Waals surface area contributed by atoms with Crippen molar-refractivity contribution in [2.75, 3.05) is 5.75 Å². The summed E-state index contributed by atoms with van der Waals surface area (Å²) in [5.41, 5.74) is 2.07. The van der Waals surface area contributed by atoms with E-state index in [1.54, 1.807) is 23.9 Å². The maximum Gasteiger partial charge on any atom is 0.335 e. The molecule has 0 saturated heterocycles. The molecule has 0 spiro atoms. The molecule has 0 aliphatic heterocycles. The molecule has 1 heterocycles. The van der Waals surface area contributed by atoms with Crippen LogP contribution in [0, 0.1) is 5.92 Å². The van der Waals surface area contributed by atoms with E-state index in [2.05, 4.69) is 30.3 Å². The van der Waals surface area contributed by atoms with E-state index in [0.717, 1.165) is 34.9 Å². The minimum Gasteiger partial charge on any atom is -0.478 e. The Bertz CT molecular complexity index is 620. The number of thioether (sulfide) groups is 1. The van der Waals surface area contributed by atoms with Gasteiger partial charge < -0.3 is 9.67 Å². The quantitative estimate of drug-likeness (QED) is 0.821. The number of hydrogen-bond donors (Lipinski definition) is 1. The Labute approximate surface area is 123 Å². The van der Waals surface area contributed by atoms with Gasteiger partial charge in [-0.25, -0.2) is 9.78 Å². The fourth-order valence-electron chi connectivity index (χ4n) is 2.09. The number of benzene rings is 1. The lowest BCUT2D eigenvalue weighted by molar-refractivity contribution is 0.0697. The van der Waals surface area contributed by atoms with E-state index >= 15 is 0 Å². The van der Waals surface area contributed by atoms with Gasteiger partial charge in [0.15, 0.2) is 5.16 Å². The first kappa shape index (κ1) is 14.9. The molecule has 0 saturated carbocycles. The zero-order valence-electron chi connectivity index (χ0n) is 12.1. The molecular weight excluding hydrogens is 272 g/mol. The van der Waals surface area contributed by atoms with Gasteiger partial charge in [0.25, 0.3) is 0 Å². The second-order valence-corrected chi connectivity index (χ2v) is 6.32. The van der Waals surface area contributed by atoms with E-state index in [1.165, 1.54) is 0 Å². The Morgan fingerprint density at radius 1 is 1.45 bits per heavy atom. The maximum absolute atomic E-state index is 11.0. The van der Waals surface area contributed by atoms with Gasteiger partial charge in [-0.3, -0.25) is 0 Å². The van der Waals surface area contributed by atoms with Gasteiger partial charge in [0, 0.05) is 12.3 Å². The normalized spacial score (nSPS) is 11.4. The highest BCUT2D eigenvalue weighted by molar-refractivity contribution is 7.99. The average molecular weight is 292 g/mol. The van der Waals surface area contributed by atoms with Gasteiger partial charge in [-0.1, -0.05) is 32.5 Å². The molecule has 0 atom stereocenters. The summed E-state index contributed by atoms with van der Waals surface area (Å²) in [7, 11) is 0. The number of rotatable bonds is 6. The minimum atomic E-state index is -0.909. The van der Waals surface area contributed by atoms with Crippen molar-refractivity contribution in [2.45, 2.75) is 38.9 Å². The third-order valence-electron chi connectivity index (χ3n) is 2.94. The molecule has 1 aromatic carbocycles. The van der Waals surface area contributed by atoms with Crippen molar-refractivity contribution in [3.05, 3.63) is 23.8 Å². The summed E-state index contributed by atoms with van der Waals surface area (Å²) >= 11 is 1.73. The molecule has 0 fully saturated rings. The summed E-state index contributed by atoms with van der Waals surface area (Å²) < 4.78 is 2.20. The van der Waals surface area contributed by atoms with Gasteiger partial charge in [-0.15, -0.1) is 0 Å². The lowest BCUT2D eigenvalue weighted by atomic mass is 10.2. The predicted molar refractivity (Wildman–Crippen MR) is 82.5 cm³/mol. The van der Waals surface area contributed by atoms with Crippen LogP contribution in [0.4, 0.5) is 0 Å². The van der Waals surface area contributed by atoms with E-state index < -0.39 is 5.97 Å². The lowest BCUT2D eigenvalue weighted by Gasteiger charge is -2.11. The molecule has 0 unspecified atom stereocenters. The Morgan fingerprint density at radius 2 is 2.20 bits per heavy atom. The number of carbonyl (C=O) groups is 1. The fourth-order valence-corrected chi connectivity index (χ4v) is 2.96. The van der Waals surface area contributed by atoms with Crippen LogP contribution in [0.3, 0.4) is 0 Å². The van der Waals surface area contributed by atoms with Crippen LogP contribution in [0.1, 0.15) is 37.6 Å². The van der Waals surface area contributed by atoms with Crippen molar-refractivity contribution < 1.29 is 9.90 Å². The number of aromatic carboxylic acids is 1. The molecule has 0 aliphatic carbocycles. The summed E-state index contributed by atoms with van der Waals surface area (Å²) in [6.45, 7) is 7.39. The molecule has 0 radical (unpaired) electrons. The summed E-state index contributed by atoms with van der Waals surface area (Å²) in [6, 6.07) is 5.17. The third-order valence-corrected chi connectivity index (χ3v) is 4.13. The summed E-state index contributed by atoms with van der Waals surface area (Å²) in [5, 5.41) is 10.1. The third kappa shape index (κ3) is 3.15. The van der Waals surface area contributed by atoms with Crippen molar-refractivity contribution in [1.82, 2.24) is 9.55 Å². The highest BCUT2D eigenvalue weighted by Crippen LogP contribution is 2.26. The monoisotopic (exact) mass is 292 g/mol. The van der Waals surface area contributed by atoms with E-state index in [-0.39, 0.29) is 0 Å². The van der Waals surface area contributed by atoms with Crippen molar-refractivity contribution in [3.8, 4) is 0 Å². The Hall–Kier alpha value is -1.49. The molecule has 0 aliphatic rings. The molecule has 0 bridgehead atoms. The van der Waals surface area contributed by atoms with Crippen molar-refractivity contribution in [2.24, 2.45) is 5.92 Å². The number of carboxylic acid groups (broad SMARTS) is 1. The smallest absolute Gasteiger partial charge is 0.335 e. The van der Waals surface area contributed by atoms with Crippen LogP contribution < -0.4 is 0 Å². The number of fused-ring (bicyclic) bond motifs is 1. The Kier molecular flexibility index (Phi) is 4.70. The van der Waals surface area contributed by atoms with Crippen LogP contribution in [-0.2, 0) is 6.54 Å². The summed E-state index contributed by atoms with van der Waals surface area (Å²) in [6.07, 6.45) is 1.09. The zero-order chi connectivity index (χ0) is 14.7. The molecule has 20 heavy (non-hydrogen) atoms. The Morgan fingerprint density at radius 3 is 2.80 bits per heavy atom. The first-order valence-electron chi connectivity index (χ1n) is 6.89. The van der Waals surface area contributed by atoms with Gasteiger partial charge in [-0.2, -0.15) is 0 Å². The second kappa shape index (κ2) is 6.31. The molecule has 1 N–H and O–H groups in total. The van der Waals surface area contributed by atoms with Crippen molar-refractivity contribution in [3.63, 3.8) is 0 Å². The fraction of sp³-hybridized carbons (Fsp3) is 0.467. The Balaban J connectivity index is 2.49. The number of carboxylic acids is 1. The van der Waals surface area contributed by atoms with E-state index in [1.807, 2.05) is 6.07 Å². The van der Waals surface area contributed by atoms with Crippen LogP contribution in [0.15, 0.2) is 23.4 Å². The minimum absolute atomic E-state index is 0.290. The molecule has 5 heteroatoms. The van der Waals surface area contributed by atoms with Crippen LogP contribution in [0.2, 0.25) is 0 Å². The summed E-state index contributed by atoms with van der Waals surface area (Å²) in [4.78, 5) is 15.7. The van der Waals surface area contributed by atoms with E-state index in [0.29, 0.717) is 11.5 Å². The number of hydrogen-bond acceptors (Lipinski definition) is 3. The molecule has 2 aromatic rings. The second-order valence-electron chi connectivity index (χ2n) is 5.26. The summed E-state index contributed by atoms with van der Waals surface area (Å²) in [5.74, 6) is 0.633.